The van der Waals surface area contributed by atoms with Crippen LogP contribution in [0, 0.1) is 14.4 Å². The molecule has 0 aliphatic rings. The van der Waals surface area contributed by atoms with Crippen LogP contribution in [0.1, 0.15) is 37.0 Å². The molecule has 0 saturated carbocycles. The average molecular weight is 480 g/mol. The predicted octanol–water partition coefficient (Wildman–Crippen LogP) is 6.92. The van der Waals surface area contributed by atoms with Gasteiger partial charge in [0.15, 0.2) is 0 Å². The molecule has 3 rings (SSSR count). The van der Waals surface area contributed by atoms with Crippen LogP contribution < -0.4 is 9.80 Å². The van der Waals surface area contributed by atoms with Crippen LogP contribution in [0.5, 0.6) is 0 Å². The number of hydrogen-bond acceptors (Lipinski definition) is 2. The predicted molar refractivity (Wildman–Crippen MR) is 133 cm³/mol. The minimum atomic E-state index is 0. The minimum Gasteiger partial charge on any atom is -0.378 e. The SMILES string of the molecule is C.CN(C)c1ccc(C(c2ccccc2)c2ccc(N(C)C)cc2)cc1.[CH2-]C.[CH3-].[Y]. The van der Waals surface area contributed by atoms with Gasteiger partial charge in [-0.25, -0.2) is 0 Å². The smallest absolute Gasteiger partial charge is 0.0361 e. The number of nitrogens with zero attached hydrogens (tertiary/aromatic N) is 2. The molecule has 3 aromatic rings. The van der Waals surface area contributed by atoms with Gasteiger partial charge < -0.3 is 24.2 Å². The summed E-state index contributed by atoms with van der Waals surface area (Å²) in [6.07, 6.45) is 0. The monoisotopic (exact) mass is 479 g/mol. The molecule has 161 valence electrons. The Labute approximate surface area is 211 Å². The van der Waals surface area contributed by atoms with E-state index in [4.69, 9.17) is 0 Å². The zero-order chi connectivity index (χ0) is 19.8. The van der Waals surface area contributed by atoms with E-state index in [1.54, 1.807) is 6.92 Å². The molecule has 3 heteroatoms. The van der Waals surface area contributed by atoms with Crippen molar-refractivity contribution < 1.29 is 32.7 Å². The molecule has 0 aromatic heterocycles. The van der Waals surface area contributed by atoms with E-state index >= 15 is 0 Å². The van der Waals surface area contributed by atoms with Crippen molar-refractivity contribution in [3.05, 3.63) is 110 Å². The van der Waals surface area contributed by atoms with Gasteiger partial charge in [0.1, 0.15) is 0 Å². The molecule has 0 spiro atoms. The van der Waals surface area contributed by atoms with Crippen molar-refractivity contribution >= 4 is 11.4 Å². The number of anilines is 2. The summed E-state index contributed by atoms with van der Waals surface area (Å²) in [4.78, 5) is 4.26. The van der Waals surface area contributed by atoms with Crippen molar-refractivity contribution in [2.45, 2.75) is 20.3 Å². The Balaban J connectivity index is 0. The first-order valence-corrected chi connectivity index (χ1v) is 9.36. The summed E-state index contributed by atoms with van der Waals surface area (Å²) in [7, 11) is 8.29. The number of benzene rings is 3. The Bertz CT molecular complexity index is 743. The topological polar surface area (TPSA) is 6.48 Å². The van der Waals surface area contributed by atoms with E-state index in [9.17, 15) is 0 Å². The fourth-order valence-corrected chi connectivity index (χ4v) is 3.15. The second-order valence-corrected chi connectivity index (χ2v) is 6.82. The van der Waals surface area contributed by atoms with Crippen LogP contribution in [0.15, 0.2) is 78.9 Å². The molecule has 1 radical (unpaired) electrons. The fraction of sp³-hybridized carbons (Fsp3) is 0.259. The first-order valence-electron chi connectivity index (χ1n) is 9.36. The molecule has 0 unspecified atom stereocenters. The summed E-state index contributed by atoms with van der Waals surface area (Å²) >= 11 is 0. The Morgan fingerprint density at radius 1 is 0.567 bits per heavy atom. The van der Waals surface area contributed by atoms with E-state index in [2.05, 4.69) is 124 Å². The van der Waals surface area contributed by atoms with Gasteiger partial charge in [0, 0.05) is 78.2 Å². The van der Waals surface area contributed by atoms with Gasteiger partial charge in [0.2, 0.25) is 0 Å². The van der Waals surface area contributed by atoms with Crippen molar-refractivity contribution in [2.24, 2.45) is 0 Å². The molecular formula is C27H38N2Y-2. The van der Waals surface area contributed by atoms with Gasteiger partial charge in [0.25, 0.3) is 0 Å². The maximum atomic E-state index is 3.25. The van der Waals surface area contributed by atoms with Gasteiger partial charge in [-0.15, -0.1) is 0 Å². The summed E-state index contributed by atoms with van der Waals surface area (Å²) in [5.41, 5.74) is 6.39. The van der Waals surface area contributed by atoms with Crippen molar-refractivity contribution in [1.82, 2.24) is 0 Å². The van der Waals surface area contributed by atoms with E-state index in [0.717, 1.165) is 0 Å². The zero-order valence-electron chi connectivity index (χ0n) is 18.8. The van der Waals surface area contributed by atoms with Crippen molar-refractivity contribution in [2.75, 3.05) is 38.0 Å². The molecule has 30 heavy (non-hydrogen) atoms. The second kappa shape index (κ2) is 15.2. The summed E-state index contributed by atoms with van der Waals surface area (Å²) in [5, 5.41) is 0. The molecule has 0 atom stereocenters. The molecule has 0 amide bonds. The summed E-state index contributed by atoms with van der Waals surface area (Å²) < 4.78 is 0. The van der Waals surface area contributed by atoms with E-state index in [1.165, 1.54) is 28.1 Å². The minimum absolute atomic E-state index is 0. The molecule has 0 saturated heterocycles. The van der Waals surface area contributed by atoms with Crippen LogP contribution in [-0.2, 0) is 32.7 Å². The third-order valence-electron chi connectivity index (χ3n) is 4.62. The van der Waals surface area contributed by atoms with E-state index in [1.807, 2.05) is 0 Å². The molecule has 0 aliphatic heterocycles. The maximum absolute atomic E-state index is 3.25. The van der Waals surface area contributed by atoms with Crippen LogP contribution >= 0.6 is 0 Å². The van der Waals surface area contributed by atoms with Crippen LogP contribution in [-0.4, -0.2) is 28.2 Å². The standard InChI is InChI=1S/C23H26N2.C2H5.CH4.CH3.Y/c1-24(2)21-14-10-19(11-15-21)23(18-8-6-5-7-9-18)20-12-16-22(17-13-20)25(3)4;1-2;;;/h5-17,23H,1-4H3;1H2,2H3;1H4;1H3;/q;-1;;-1;. The summed E-state index contributed by atoms with van der Waals surface area (Å²) in [6, 6.07) is 28.5. The molecule has 0 N–H and O–H groups in total. The van der Waals surface area contributed by atoms with E-state index in [0.29, 0.717) is 0 Å². The van der Waals surface area contributed by atoms with Crippen molar-refractivity contribution in [3.8, 4) is 0 Å². The van der Waals surface area contributed by atoms with E-state index in [-0.39, 0.29) is 53.5 Å². The van der Waals surface area contributed by atoms with Crippen LogP contribution in [0.25, 0.3) is 0 Å². The van der Waals surface area contributed by atoms with Gasteiger partial charge >= 0.3 is 0 Å². The first-order chi connectivity index (χ1) is 13.1. The Morgan fingerprint density at radius 2 is 0.867 bits per heavy atom. The van der Waals surface area contributed by atoms with Gasteiger partial charge in [0.05, 0.1) is 0 Å². The molecule has 0 fully saturated rings. The van der Waals surface area contributed by atoms with Crippen molar-refractivity contribution in [1.29, 1.82) is 0 Å². The molecular weight excluding hydrogens is 441 g/mol. The summed E-state index contributed by atoms with van der Waals surface area (Å²) in [5.74, 6) is 0.244. The maximum Gasteiger partial charge on any atom is 0.0361 e. The first kappa shape index (κ1) is 30.6. The zero-order valence-corrected chi connectivity index (χ0v) is 21.6. The molecule has 3 aromatic carbocycles. The van der Waals surface area contributed by atoms with Gasteiger partial charge in [-0.2, -0.15) is 6.92 Å². The molecule has 0 heterocycles. The average Bonchev–Trinajstić information content (AvgIpc) is 2.71. The number of rotatable bonds is 5. The fourth-order valence-electron chi connectivity index (χ4n) is 3.15. The van der Waals surface area contributed by atoms with Gasteiger partial charge in [-0.05, 0) is 41.0 Å². The van der Waals surface area contributed by atoms with Gasteiger partial charge in [-0.1, -0.05) is 62.0 Å². The Hall–Kier alpha value is -1.64. The van der Waals surface area contributed by atoms with Gasteiger partial charge in [-0.3, -0.25) is 0 Å². The largest absolute Gasteiger partial charge is 0.378 e. The normalized spacial score (nSPS) is 9.17. The summed E-state index contributed by atoms with van der Waals surface area (Å²) in [6.45, 7) is 5.00. The Morgan fingerprint density at radius 3 is 1.17 bits per heavy atom. The molecule has 0 aliphatic carbocycles. The van der Waals surface area contributed by atoms with E-state index < -0.39 is 0 Å². The molecule has 2 nitrogen and oxygen atoms in total. The third kappa shape index (κ3) is 7.89. The van der Waals surface area contributed by atoms with Crippen LogP contribution in [0.2, 0.25) is 0 Å². The molecule has 0 bridgehead atoms. The Kier molecular flexibility index (Phi) is 15.5. The van der Waals surface area contributed by atoms with Crippen LogP contribution in [0.3, 0.4) is 0 Å². The van der Waals surface area contributed by atoms with Crippen LogP contribution in [0.4, 0.5) is 11.4 Å². The van der Waals surface area contributed by atoms with Crippen molar-refractivity contribution in [3.63, 3.8) is 0 Å². The second-order valence-electron chi connectivity index (χ2n) is 6.82. The third-order valence-corrected chi connectivity index (χ3v) is 4.62. The number of hydrogen-bond donors (Lipinski definition) is 0. The quantitative estimate of drug-likeness (QED) is 0.289.